The number of ether oxygens (including phenoxy) is 1. The van der Waals surface area contributed by atoms with E-state index in [1.54, 1.807) is 9.47 Å². The van der Waals surface area contributed by atoms with Gasteiger partial charge in [0.25, 0.3) is 0 Å². The van der Waals surface area contributed by atoms with Crippen molar-refractivity contribution in [3.05, 3.63) is 57.1 Å². The van der Waals surface area contributed by atoms with Crippen molar-refractivity contribution in [3.8, 4) is 5.69 Å². The van der Waals surface area contributed by atoms with Crippen molar-refractivity contribution < 1.29 is 9.53 Å². The number of piperazine rings is 1. The predicted octanol–water partition coefficient (Wildman–Crippen LogP) is 5.31. The average molecular weight is 512 g/mol. The summed E-state index contributed by atoms with van der Waals surface area (Å²) in [4.78, 5) is 39.2. The van der Waals surface area contributed by atoms with Crippen LogP contribution in [0, 0.1) is 6.92 Å². The molecule has 1 amide bonds. The Hall–Kier alpha value is -3.13. The normalized spacial score (nSPS) is 16.6. The van der Waals surface area contributed by atoms with Gasteiger partial charge in [-0.3, -0.25) is 0 Å². The van der Waals surface area contributed by atoms with Crippen LogP contribution >= 0.6 is 11.6 Å². The predicted molar refractivity (Wildman–Crippen MR) is 144 cm³/mol. The van der Waals surface area contributed by atoms with E-state index in [4.69, 9.17) is 16.3 Å². The minimum atomic E-state index is -0.561. The van der Waals surface area contributed by atoms with E-state index in [0.717, 1.165) is 22.2 Å². The molecule has 1 atom stereocenters. The van der Waals surface area contributed by atoms with Gasteiger partial charge in [-0.15, -0.1) is 0 Å². The summed E-state index contributed by atoms with van der Waals surface area (Å²) >= 11 is 6.46. The third kappa shape index (κ3) is 5.05. The van der Waals surface area contributed by atoms with E-state index in [-0.39, 0.29) is 18.1 Å². The number of aryl methyl sites for hydroxylation is 1. The molecule has 36 heavy (non-hydrogen) atoms. The fraction of sp³-hybridized carbons (Fsp3) is 0.481. The minimum Gasteiger partial charge on any atom is -0.444 e. The molecule has 0 bridgehead atoms. The number of nitrogens with zero attached hydrogens (tertiary/aromatic N) is 5. The highest BCUT2D eigenvalue weighted by atomic mass is 35.5. The van der Waals surface area contributed by atoms with Gasteiger partial charge in [-0.1, -0.05) is 43.6 Å². The number of carbonyl (C=O) groups excluding carboxylic acids is 1. The summed E-state index contributed by atoms with van der Waals surface area (Å²) < 4.78 is 7.11. The fourth-order valence-electron chi connectivity index (χ4n) is 4.59. The molecule has 2 aromatic heterocycles. The zero-order valence-corrected chi connectivity index (χ0v) is 22.8. The van der Waals surface area contributed by atoms with Crippen molar-refractivity contribution in [2.45, 2.75) is 66.0 Å². The highest BCUT2D eigenvalue weighted by Gasteiger charge is 2.32. The number of halogens is 1. The molecule has 0 radical (unpaired) electrons. The molecule has 1 aliphatic heterocycles. The maximum atomic E-state index is 13.6. The summed E-state index contributed by atoms with van der Waals surface area (Å²) in [5, 5.41) is 1.09. The van der Waals surface area contributed by atoms with Gasteiger partial charge < -0.3 is 14.5 Å². The largest absolute Gasteiger partial charge is 0.444 e. The van der Waals surface area contributed by atoms with Gasteiger partial charge in [-0.25, -0.2) is 19.1 Å². The van der Waals surface area contributed by atoms with Crippen LogP contribution in [-0.4, -0.2) is 56.8 Å². The number of para-hydroxylation sites is 1. The SMILES string of the molecule is Cc1cc2c(N3CCN(C(=O)OC(C)(C)C)C[C@@H]3C)nc(=O)n(-c3ccccc3C(C)C)c2nc1Cl. The third-order valence-corrected chi connectivity index (χ3v) is 6.71. The number of fused-ring (bicyclic) bond motifs is 1. The van der Waals surface area contributed by atoms with Gasteiger partial charge in [0.15, 0.2) is 5.65 Å². The van der Waals surface area contributed by atoms with Crippen molar-refractivity contribution in [1.82, 2.24) is 19.4 Å². The molecular weight excluding hydrogens is 478 g/mol. The monoisotopic (exact) mass is 511 g/mol. The molecule has 192 valence electrons. The van der Waals surface area contributed by atoms with E-state index in [1.165, 1.54) is 0 Å². The van der Waals surface area contributed by atoms with E-state index < -0.39 is 11.3 Å². The maximum absolute atomic E-state index is 13.6. The highest BCUT2D eigenvalue weighted by molar-refractivity contribution is 6.30. The topological polar surface area (TPSA) is 80.6 Å². The summed E-state index contributed by atoms with van der Waals surface area (Å²) in [6, 6.07) is 9.64. The Kier molecular flexibility index (Phi) is 7.01. The molecule has 1 aromatic carbocycles. The van der Waals surface area contributed by atoms with Gasteiger partial charge in [0.05, 0.1) is 11.1 Å². The number of pyridine rings is 1. The number of benzene rings is 1. The van der Waals surface area contributed by atoms with Gasteiger partial charge >= 0.3 is 11.8 Å². The van der Waals surface area contributed by atoms with Gasteiger partial charge in [0.2, 0.25) is 0 Å². The second kappa shape index (κ2) is 9.73. The molecule has 4 rings (SSSR count). The quantitative estimate of drug-likeness (QED) is 0.443. The Labute approximate surface area is 216 Å². The van der Waals surface area contributed by atoms with Gasteiger partial charge in [-0.05, 0) is 63.8 Å². The summed E-state index contributed by atoms with van der Waals surface area (Å²) in [6.07, 6.45) is -0.336. The zero-order valence-electron chi connectivity index (χ0n) is 22.0. The molecule has 0 N–H and O–H groups in total. The first-order chi connectivity index (χ1) is 16.9. The summed E-state index contributed by atoms with van der Waals surface area (Å²) in [5.74, 6) is 0.751. The summed E-state index contributed by atoms with van der Waals surface area (Å²) in [5.41, 5.74) is 2.06. The van der Waals surface area contributed by atoms with Gasteiger partial charge in [-0.2, -0.15) is 4.98 Å². The maximum Gasteiger partial charge on any atom is 0.410 e. The third-order valence-electron chi connectivity index (χ3n) is 6.33. The number of aromatic nitrogens is 3. The lowest BCUT2D eigenvalue weighted by molar-refractivity contribution is 0.0218. The van der Waals surface area contributed by atoms with Crippen LogP contribution in [0.4, 0.5) is 10.6 Å². The lowest BCUT2D eigenvalue weighted by Gasteiger charge is -2.41. The minimum absolute atomic E-state index is 0.0869. The van der Waals surface area contributed by atoms with E-state index in [2.05, 4.69) is 28.7 Å². The molecule has 1 aliphatic rings. The lowest BCUT2D eigenvalue weighted by atomic mass is 10.0. The summed E-state index contributed by atoms with van der Waals surface area (Å²) in [6.45, 7) is 15.1. The lowest BCUT2D eigenvalue weighted by Crippen LogP contribution is -2.55. The van der Waals surface area contributed by atoms with Gasteiger partial charge in [0, 0.05) is 25.7 Å². The molecule has 0 spiro atoms. The Bertz CT molecular complexity index is 1360. The van der Waals surface area contributed by atoms with Crippen molar-refractivity contribution in [2.24, 2.45) is 0 Å². The Balaban J connectivity index is 1.81. The van der Waals surface area contributed by atoms with E-state index >= 15 is 0 Å². The number of amides is 1. The van der Waals surface area contributed by atoms with E-state index in [0.29, 0.717) is 36.3 Å². The van der Waals surface area contributed by atoms with Crippen LogP contribution in [0.3, 0.4) is 0 Å². The van der Waals surface area contributed by atoms with Crippen molar-refractivity contribution in [1.29, 1.82) is 0 Å². The highest BCUT2D eigenvalue weighted by Crippen LogP contribution is 2.31. The van der Waals surface area contributed by atoms with Crippen LogP contribution in [-0.2, 0) is 4.74 Å². The van der Waals surface area contributed by atoms with Crippen LogP contribution in [0.25, 0.3) is 16.7 Å². The molecule has 0 aliphatic carbocycles. The molecular formula is C27H34ClN5O3. The molecule has 9 heteroatoms. The van der Waals surface area contributed by atoms with Crippen LogP contribution in [0.2, 0.25) is 5.15 Å². The van der Waals surface area contributed by atoms with Gasteiger partial charge in [0.1, 0.15) is 16.6 Å². The molecule has 0 unspecified atom stereocenters. The Morgan fingerprint density at radius 1 is 1.17 bits per heavy atom. The molecule has 1 saturated heterocycles. The number of rotatable bonds is 3. The van der Waals surface area contributed by atoms with E-state index in [1.807, 2.05) is 65.0 Å². The van der Waals surface area contributed by atoms with E-state index in [9.17, 15) is 9.59 Å². The zero-order chi connectivity index (χ0) is 26.4. The standard InChI is InChI=1S/C27H34ClN5O3/c1-16(2)19-10-8-9-11-21(19)33-24-20(14-17(3)22(28)29-24)23(30-25(33)34)32-13-12-31(15-18(32)4)26(35)36-27(5,6)7/h8-11,14,16,18H,12-13,15H2,1-7H3/t18-/m0/s1. The fourth-order valence-corrected chi connectivity index (χ4v) is 4.72. The molecule has 8 nitrogen and oxygen atoms in total. The molecule has 3 heterocycles. The van der Waals surface area contributed by atoms with Crippen LogP contribution in [0.15, 0.2) is 35.1 Å². The number of hydrogen-bond donors (Lipinski definition) is 0. The van der Waals surface area contributed by atoms with Crippen LogP contribution in [0.5, 0.6) is 0 Å². The average Bonchev–Trinajstić information content (AvgIpc) is 2.79. The smallest absolute Gasteiger partial charge is 0.410 e. The number of hydrogen-bond acceptors (Lipinski definition) is 6. The first-order valence-electron chi connectivity index (χ1n) is 12.3. The van der Waals surface area contributed by atoms with Crippen LogP contribution < -0.4 is 10.6 Å². The Morgan fingerprint density at radius 3 is 2.50 bits per heavy atom. The first-order valence-corrected chi connectivity index (χ1v) is 12.7. The summed E-state index contributed by atoms with van der Waals surface area (Å²) in [7, 11) is 0. The first kappa shape index (κ1) is 25.9. The Morgan fingerprint density at radius 2 is 1.86 bits per heavy atom. The number of carbonyl (C=O) groups is 1. The molecule has 0 saturated carbocycles. The molecule has 1 fully saturated rings. The second-order valence-electron chi connectivity index (χ2n) is 10.7. The van der Waals surface area contributed by atoms with Crippen LogP contribution in [0.1, 0.15) is 58.6 Å². The number of anilines is 1. The van der Waals surface area contributed by atoms with Crippen molar-refractivity contribution in [2.75, 3.05) is 24.5 Å². The van der Waals surface area contributed by atoms with Crippen molar-refractivity contribution >= 4 is 34.5 Å². The molecule has 3 aromatic rings. The second-order valence-corrected chi connectivity index (χ2v) is 11.1. The van der Waals surface area contributed by atoms with Crippen molar-refractivity contribution in [3.63, 3.8) is 0 Å².